The molecule has 4 nitrogen and oxygen atoms in total. The molecule has 0 fully saturated rings. The average molecular weight is 413 g/mol. The van der Waals surface area contributed by atoms with E-state index in [0.29, 0.717) is 0 Å². The molecule has 0 aliphatic rings. The van der Waals surface area contributed by atoms with Gasteiger partial charge in [-0.25, -0.2) is 15.0 Å². The highest BCUT2D eigenvalue weighted by atomic mass is 32.1. The molecule has 29 heavy (non-hydrogen) atoms. The molecule has 0 saturated heterocycles. The van der Waals surface area contributed by atoms with Crippen LogP contribution in [0.5, 0.6) is 0 Å². The monoisotopic (exact) mass is 412 g/mol. The number of pyridine rings is 2. The van der Waals surface area contributed by atoms with Crippen molar-refractivity contribution in [1.29, 1.82) is 0 Å². The van der Waals surface area contributed by atoms with Crippen LogP contribution < -0.4 is 4.90 Å². The summed E-state index contributed by atoms with van der Waals surface area (Å²) in [4.78, 5) is 17.5. The zero-order valence-corrected chi connectivity index (χ0v) is 17.0. The van der Waals surface area contributed by atoms with Crippen LogP contribution in [0.15, 0.2) is 95.8 Å². The number of hydrogen-bond acceptors (Lipinski definition) is 6. The van der Waals surface area contributed by atoms with E-state index in [0.717, 1.165) is 38.6 Å². The lowest BCUT2D eigenvalue weighted by Gasteiger charge is -2.23. The SMILES string of the molecule is c1ccc(N(c2cccc(-c3cccs3)n2)c2cccc(-c3nccs3)n2)cc1. The highest BCUT2D eigenvalue weighted by Crippen LogP contribution is 2.34. The number of anilines is 3. The van der Waals surface area contributed by atoms with Gasteiger partial charge in [0.15, 0.2) is 0 Å². The van der Waals surface area contributed by atoms with Crippen molar-refractivity contribution in [3.63, 3.8) is 0 Å². The molecule has 0 saturated carbocycles. The smallest absolute Gasteiger partial charge is 0.141 e. The predicted molar refractivity (Wildman–Crippen MR) is 121 cm³/mol. The summed E-state index contributed by atoms with van der Waals surface area (Å²) in [6, 6.07) is 26.4. The van der Waals surface area contributed by atoms with Crippen molar-refractivity contribution in [3.8, 4) is 21.3 Å². The second-order valence-corrected chi connectivity index (χ2v) is 8.09. The van der Waals surface area contributed by atoms with Gasteiger partial charge in [-0.1, -0.05) is 36.4 Å². The number of para-hydroxylation sites is 1. The van der Waals surface area contributed by atoms with Gasteiger partial charge >= 0.3 is 0 Å². The molecule has 0 aliphatic heterocycles. The van der Waals surface area contributed by atoms with E-state index in [1.165, 1.54) is 0 Å². The van der Waals surface area contributed by atoms with Crippen LogP contribution in [0.25, 0.3) is 21.3 Å². The fourth-order valence-electron chi connectivity index (χ4n) is 3.09. The van der Waals surface area contributed by atoms with Gasteiger partial charge in [-0.15, -0.1) is 22.7 Å². The molecule has 1 aromatic carbocycles. The lowest BCUT2D eigenvalue weighted by Crippen LogP contribution is -2.13. The van der Waals surface area contributed by atoms with Gasteiger partial charge in [0, 0.05) is 17.3 Å². The summed E-state index contributed by atoms with van der Waals surface area (Å²) < 4.78 is 0. The Labute approximate surface area is 176 Å². The minimum atomic E-state index is 0.805. The summed E-state index contributed by atoms with van der Waals surface area (Å²) in [5.41, 5.74) is 2.81. The first kappa shape index (κ1) is 17.7. The number of nitrogens with zero attached hydrogens (tertiary/aromatic N) is 4. The van der Waals surface area contributed by atoms with Crippen LogP contribution in [0.4, 0.5) is 17.3 Å². The average Bonchev–Trinajstić information content (AvgIpc) is 3.50. The number of rotatable bonds is 5. The quantitative estimate of drug-likeness (QED) is 0.318. The highest BCUT2D eigenvalue weighted by molar-refractivity contribution is 7.13. The third kappa shape index (κ3) is 3.68. The summed E-state index contributed by atoms with van der Waals surface area (Å²) >= 11 is 3.27. The molecule has 0 radical (unpaired) electrons. The molecule has 5 aromatic rings. The first-order chi connectivity index (χ1) is 14.4. The van der Waals surface area contributed by atoms with Crippen molar-refractivity contribution >= 4 is 40.0 Å². The largest absolute Gasteiger partial charge is 0.279 e. The lowest BCUT2D eigenvalue weighted by molar-refractivity contribution is 1.13. The highest BCUT2D eigenvalue weighted by Gasteiger charge is 2.17. The van der Waals surface area contributed by atoms with E-state index >= 15 is 0 Å². The van der Waals surface area contributed by atoms with Crippen LogP contribution in [0.1, 0.15) is 0 Å². The molecule has 4 heterocycles. The van der Waals surface area contributed by atoms with E-state index in [4.69, 9.17) is 9.97 Å². The maximum atomic E-state index is 4.94. The van der Waals surface area contributed by atoms with E-state index in [1.54, 1.807) is 28.9 Å². The van der Waals surface area contributed by atoms with Crippen molar-refractivity contribution in [2.75, 3.05) is 4.90 Å². The van der Waals surface area contributed by atoms with E-state index in [2.05, 4.69) is 33.5 Å². The van der Waals surface area contributed by atoms with Crippen LogP contribution in [-0.4, -0.2) is 15.0 Å². The van der Waals surface area contributed by atoms with Crippen LogP contribution in [0.2, 0.25) is 0 Å². The summed E-state index contributed by atoms with van der Waals surface area (Å²) in [7, 11) is 0. The van der Waals surface area contributed by atoms with Crippen molar-refractivity contribution in [1.82, 2.24) is 15.0 Å². The van der Waals surface area contributed by atoms with E-state index in [-0.39, 0.29) is 0 Å². The lowest BCUT2D eigenvalue weighted by atomic mass is 10.2. The first-order valence-corrected chi connectivity index (χ1v) is 10.9. The maximum Gasteiger partial charge on any atom is 0.141 e. The molecule has 0 spiro atoms. The minimum absolute atomic E-state index is 0.805. The molecule has 6 heteroatoms. The van der Waals surface area contributed by atoms with Gasteiger partial charge in [0.05, 0.1) is 10.6 Å². The summed E-state index contributed by atoms with van der Waals surface area (Å²) in [6.07, 6.45) is 1.80. The molecule has 0 atom stereocenters. The molecule has 0 bridgehead atoms. The van der Waals surface area contributed by atoms with Gasteiger partial charge < -0.3 is 0 Å². The first-order valence-electron chi connectivity index (χ1n) is 9.11. The molecular formula is C23H16N4S2. The molecule has 0 N–H and O–H groups in total. The summed E-state index contributed by atoms with van der Waals surface area (Å²) in [5, 5.41) is 4.93. The topological polar surface area (TPSA) is 41.9 Å². The minimum Gasteiger partial charge on any atom is -0.279 e. The zero-order chi connectivity index (χ0) is 19.5. The Hall–Kier alpha value is -3.35. The Morgan fingerprint density at radius 3 is 2.07 bits per heavy atom. The number of aromatic nitrogens is 3. The fourth-order valence-corrected chi connectivity index (χ4v) is 4.39. The van der Waals surface area contributed by atoms with Crippen LogP contribution in [0.3, 0.4) is 0 Å². The van der Waals surface area contributed by atoms with Gasteiger partial charge in [0.1, 0.15) is 22.3 Å². The zero-order valence-electron chi connectivity index (χ0n) is 15.3. The van der Waals surface area contributed by atoms with Gasteiger partial charge in [-0.05, 0) is 47.8 Å². The van der Waals surface area contributed by atoms with Gasteiger partial charge in [0.25, 0.3) is 0 Å². The Morgan fingerprint density at radius 2 is 1.38 bits per heavy atom. The number of thiazole rings is 1. The van der Waals surface area contributed by atoms with Crippen LogP contribution in [-0.2, 0) is 0 Å². The number of thiophene rings is 1. The second kappa shape index (κ2) is 7.95. The molecule has 0 unspecified atom stereocenters. The second-order valence-electron chi connectivity index (χ2n) is 6.25. The van der Waals surface area contributed by atoms with Crippen molar-refractivity contribution in [2.24, 2.45) is 0 Å². The summed E-state index contributed by atoms with van der Waals surface area (Å²) in [6.45, 7) is 0. The molecular weight excluding hydrogens is 396 g/mol. The fraction of sp³-hybridized carbons (Fsp3) is 0. The van der Waals surface area contributed by atoms with Gasteiger partial charge in [0.2, 0.25) is 0 Å². The van der Waals surface area contributed by atoms with Gasteiger partial charge in [-0.3, -0.25) is 4.90 Å². The molecule has 4 aromatic heterocycles. The van der Waals surface area contributed by atoms with E-state index in [9.17, 15) is 0 Å². The maximum absolute atomic E-state index is 4.94. The van der Waals surface area contributed by atoms with Crippen molar-refractivity contribution in [3.05, 3.63) is 95.8 Å². The standard InChI is InChI=1S/C23H16N4S2/c1-2-7-17(8-3-1)27(21-12-4-9-18(25-21)20-11-6-15-28-20)22-13-5-10-19(26-22)23-24-14-16-29-23/h1-16H. The molecule has 0 amide bonds. The Kier molecular flexibility index (Phi) is 4.86. The van der Waals surface area contributed by atoms with Crippen LogP contribution >= 0.6 is 22.7 Å². The van der Waals surface area contributed by atoms with E-state index in [1.807, 2.05) is 66.0 Å². The molecule has 0 aliphatic carbocycles. The third-order valence-corrected chi connectivity index (χ3v) is 6.05. The molecule has 5 rings (SSSR count). The molecule has 140 valence electrons. The van der Waals surface area contributed by atoms with Crippen molar-refractivity contribution < 1.29 is 0 Å². The van der Waals surface area contributed by atoms with Gasteiger partial charge in [-0.2, -0.15) is 0 Å². The normalized spacial score (nSPS) is 10.8. The van der Waals surface area contributed by atoms with Crippen molar-refractivity contribution in [2.45, 2.75) is 0 Å². The third-order valence-electron chi connectivity index (χ3n) is 4.37. The van der Waals surface area contributed by atoms with E-state index < -0.39 is 0 Å². The number of hydrogen-bond donors (Lipinski definition) is 0. The number of benzene rings is 1. The summed E-state index contributed by atoms with van der Waals surface area (Å²) in [5.74, 6) is 1.63. The Bertz CT molecular complexity index is 1130. The Morgan fingerprint density at radius 1 is 0.621 bits per heavy atom. The van der Waals surface area contributed by atoms with Crippen LogP contribution in [0, 0.1) is 0 Å². The Balaban J connectivity index is 1.64. The predicted octanol–water partition coefficient (Wildman–Crippen LogP) is 6.80.